The summed E-state index contributed by atoms with van der Waals surface area (Å²) in [4.78, 5) is 17.7. The minimum absolute atomic E-state index is 0.0139. The summed E-state index contributed by atoms with van der Waals surface area (Å²) in [6, 6.07) is 2.67. The highest BCUT2D eigenvalue weighted by molar-refractivity contribution is 5.94. The first-order valence-electron chi connectivity index (χ1n) is 6.95. The van der Waals surface area contributed by atoms with Crippen molar-refractivity contribution in [1.29, 1.82) is 0 Å². The topological polar surface area (TPSA) is 51.7 Å². The van der Waals surface area contributed by atoms with Gasteiger partial charge in [-0.25, -0.2) is 4.98 Å². The number of rotatable bonds is 4. The molecule has 1 fully saturated rings. The Kier molecular flexibility index (Phi) is 5.23. The van der Waals surface area contributed by atoms with Crippen molar-refractivity contribution in [1.82, 2.24) is 9.88 Å². The number of nitrogens with zero attached hydrogens (tertiary/aromatic N) is 2. The lowest BCUT2D eigenvalue weighted by molar-refractivity contribution is -0.154. The zero-order valence-electron chi connectivity index (χ0n) is 12.1. The van der Waals surface area contributed by atoms with Gasteiger partial charge in [0.2, 0.25) is 5.88 Å². The standard InChI is InChI=1S/C14H17F3N2O3/c1-2-11-8-19(5-6-21-11)13(20)10-3-4-12(18-7-10)22-9-14(15,16)17/h3-4,7,11H,2,5-6,8-9H2,1H3. The number of alkyl halides is 3. The maximum absolute atomic E-state index is 12.3. The van der Waals surface area contributed by atoms with Gasteiger partial charge < -0.3 is 14.4 Å². The molecule has 5 nitrogen and oxygen atoms in total. The fraction of sp³-hybridized carbons (Fsp3) is 0.571. The Morgan fingerprint density at radius 1 is 1.50 bits per heavy atom. The quantitative estimate of drug-likeness (QED) is 0.854. The molecule has 1 amide bonds. The van der Waals surface area contributed by atoms with Gasteiger partial charge in [0.1, 0.15) is 0 Å². The molecule has 0 radical (unpaired) electrons. The summed E-state index contributed by atoms with van der Waals surface area (Å²) in [5.74, 6) is -0.376. The summed E-state index contributed by atoms with van der Waals surface area (Å²) in [6.07, 6.45) is -2.37. The number of morpholine rings is 1. The number of hydrogen-bond donors (Lipinski definition) is 0. The second kappa shape index (κ2) is 6.95. The van der Waals surface area contributed by atoms with E-state index in [1.165, 1.54) is 18.3 Å². The molecule has 22 heavy (non-hydrogen) atoms. The van der Waals surface area contributed by atoms with Crippen LogP contribution in [0.2, 0.25) is 0 Å². The molecule has 1 saturated heterocycles. The van der Waals surface area contributed by atoms with Crippen LogP contribution in [0, 0.1) is 0 Å². The molecule has 2 rings (SSSR count). The van der Waals surface area contributed by atoms with Gasteiger partial charge in [-0.1, -0.05) is 6.92 Å². The van der Waals surface area contributed by atoms with Crippen LogP contribution in [0.1, 0.15) is 23.7 Å². The summed E-state index contributed by atoms with van der Waals surface area (Å²) >= 11 is 0. The van der Waals surface area contributed by atoms with Crippen LogP contribution in [0.4, 0.5) is 13.2 Å². The summed E-state index contributed by atoms with van der Waals surface area (Å²) < 4.78 is 46.1. The van der Waals surface area contributed by atoms with Gasteiger partial charge in [-0.3, -0.25) is 4.79 Å². The normalized spacial score (nSPS) is 19.1. The molecule has 8 heteroatoms. The fourth-order valence-corrected chi connectivity index (χ4v) is 2.08. The van der Waals surface area contributed by atoms with Gasteiger partial charge >= 0.3 is 6.18 Å². The average Bonchev–Trinajstić information content (AvgIpc) is 2.52. The number of carbonyl (C=O) groups is 1. The predicted octanol–water partition coefficient (Wildman–Crippen LogP) is 2.27. The molecule has 0 N–H and O–H groups in total. The highest BCUT2D eigenvalue weighted by Gasteiger charge is 2.29. The van der Waals surface area contributed by atoms with E-state index in [4.69, 9.17) is 4.74 Å². The Morgan fingerprint density at radius 3 is 2.86 bits per heavy atom. The van der Waals surface area contributed by atoms with E-state index in [1.54, 1.807) is 4.90 Å². The predicted molar refractivity (Wildman–Crippen MR) is 71.7 cm³/mol. The highest BCUT2D eigenvalue weighted by atomic mass is 19.4. The van der Waals surface area contributed by atoms with Crippen LogP contribution in [-0.4, -0.2) is 54.4 Å². The molecule has 0 bridgehead atoms. The van der Waals surface area contributed by atoms with Gasteiger partial charge in [0.05, 0.1) is 18.3 Å². The van der Waals surface area contributed by atoms with E-state index >= 15 is 0 Å². The van der Waals surface area contributed by atoms with E-state index in [-0.39, 0.29) is 17.9 Å². The van der Waals surface area contributed by atoms with E-state index in [2.05, 4.69) is 9.72 Å². The Morgan fingerprint density at radius 2 is 2.27 bits per heavy atom. The Bertz CT molecular complexity index is 505. The van der Waals surface area contributed by atoms with Gasteiger partial charge in [0.25, 0.3) is 5.91 Å². The van der Waals surface area contributed by atoms with Gasteiger partial charge in [0, 0.05) is 25.4 Å². The number of ether oxygens (including phenoxy) is 2. The van der Waals surface area contributed by atoms with Crippen LogP contribution >= 0.6 is 0 Å². The summed E-state index contributed by atoms with van der Waals surface area (Å²) in [7, 11) is 0. The van der Waals surface area contributed by atoms with Crippen molar-refractivity contribution >= 4 is 5.91 Å². The molecule has 1 atom stereocenters. The Hall–Kier alpha value is -1.83. The third kappa shape index (κ3) is 4.59. The molecule has 1 unspecified atom stereocenters. The fourth-order valence-electron chi connectivity index (χ4n) is 2.08. The monoisotopic (exact) mass is 318 g/mol. The lowest BCUT2D eigenvalue weighted by Crippen LogP contribution is -2.45. The van der Waals surface area contributed by atoms with Crippen LogP contribution in [-0.2, 0) is 4.74 Å². The van der Waals surface area contributed by atoms with Crippen molar-refractivity contribution in [3.05, 3.63) is 23.9 Å². The molecule has 0 spiro atoms. The molecule has 1 aromatic heterocycles. The molecule has 0 aliphatic carbocycles. The second-order valence-electron chi connectivity index (χ2n) is 4.94. The number of halogens is 3. The SMILES string of the molecule is CCC1CN(C(=O)c2ccc(OCC(F)(F)F)nc2)CCO1. The first kappa shape index (κ1) is 16.5. The maximum atomic E-state index is 12.3. The Labute approximate surface area is 126 Å². The van der Waals surface area contributed by atoms with Gasteiger partial charge in [-0.05, 0) is 12.5 Å². The van der Waals surface area contributed by atoms with E-state index in [1.807, 2.05) is 6.92 Å². The van der Waals surface area contributed by atoms with Crippen molar-refractivity contribution < 1.29 is 27.4 Å². The van der Waals surface area contributed by atoms with Gasteiger partial charge in [-0.15, -0.1) is 0 Å². The molecule has 1 aliphatic heterocycles. The molecular weight excluding hydrogens is 301 g/mol. The number of aromatic nitrogens is 1. The zero-order chi connectivity index (χ0) is 16.2. The smallest absolute Gasteiger partial charge is 0.422 e. The van der Waals surface area contributed by atoms with Crippen molar-refractivity contribution in [2.75, 3.05) is 26.3 Å². The van der Waals surface area contributed by atoms with Crippen LogP contribution in [0.5, 0.6) is 5.88 Å². The van der Waals surface area contributed by atoms with Crippen LogP contribution in [0.15, 0.2) is 18.3 Å². The molecule has 1 aromatic rings. The number of hydrogen-bond acceptors (Lipinski definition) is 4. The minimum atomic E-state index is -4.42. The summed E-state index contributed by atoms with van der Waals surface area (Å²) in [6.45, 7) is 2.04. The van der Waals surface area contributed by atoms with E-state index in [0.717, 1.165) is 6.42 Å². The molecular formula is C14H17F3N2O3. The third-order valence-corrected chi connectivity index (χ3v) is 3.25. The van der Waals surface area contributed by atoms with E-state index in [9.17, 15) is 18.0 Å². The van der Waals surface area contributed by atoms with Crippen LogP contribution in [0.3, 0.4) is 0 Å². The van der Waals surface area contributed by atoms with Gasteiger partial charge in [0.15, 0.2) is 6.61 Å². The molecule has 1 aliphatic rings. The van der Waals surface area contributed by atoms with Crippen molar-refractivity contribution in [2.45, 2.75) is 25.6 Å². The second-order valence-corrected chi connectivity index (χ2v) is 4.94. The highest BCUT2D eigenvalue weighted by Crippen LogP contribution is 2.18. The zero-order valence-corrected chi connectivity index (χ0v) is 12.1. The maximum Gasteiger partial charge on any atom is 0.422 e. The van der Waals surface area contributed by atoms with Gasteiger partial charge in [-0.2, -0.15) is 13.2 Å². The Balaban J connectivity index is 1.96. The largest absolute Gasteiger partial charge is 0.468 e. The molecule has 0 saturated carbocycles. The summed E-state index contributed by atoms with van der Waals surface area (Å²) in [5, 5.41) is 0. The van der Waals surface area contributed by atoms with Crippen molar-refractivity contribution in [2.24, 2.45) is 0 Å². The molecule has 122 valence electrons. The van der Waals surface area contributed by atoms with Crippen molar-refractivity contribution in [3.63, 3.8) is 0 Å². The average molecular weight is 318 g/mol. The lowest BCUT2D eigenvalue weighted by atomic mass is 10.2. The first-order chi connectivity index (χ1) is 10.4. The summed E-state index contributed by atoms with van der Waals surface area (Å²) in [5.41, 5.74) is 0.316. The number of amides is 1. The van der Waals surface area contributed by atoms with Crippen LogP contribution in [0.25, 0.3) is 0 Å². The third-order valence-electron chi connectivity index (χ3n) is 3.25. The number of carbonyl (C=O) groups excluding carboxylic acids is 1. The number of pyridine rings is 1. The van der Waals surface area contributed by atoms with E-state index < -0.39 is 12.8 Å². The lowest BCUT2D eigenvalue weighted by Gasteiger charge is -2.32. The molecule has 2 heterocycles. The van der Waals surface area contributed by atoms with Crippen molar-refractivity contribution in [3.8, 4) is 5.88 Å². The van der Waals surface area contributed by atoms with E-state index in [0.29, 0.717) is 25.3 Å². The molecule has 0 aromatic carbocycles. The van der Waals surface area contributed by atoms with Crippen LogP contribution < -0.4 is 4.74 Å². The minimum Gasteiger partial charge on any atom is -0.468 e. The first-order valence-corrected chi connectivity index (χ1v) is 6.95.